The third kappa shape index (κ3) is 5.74. The summed E-state index contributed by atoms with van der Waals surface area (Å²) in [5.41, 5.74) is 0.0287. The van der Waals surface area contributed by atoms with Crippen molar-refractivity contribution in [2.24, 2.45) is 11.3 Å². The molecule has 3 N–H and O–H groups in total. The van der Waals surface area contributed by atoms with Crippen LogP contribution in [0.2, 0.25) is 0 Å². The Bertz CT molecular complexity index is 198. The molecule has 90 valence electrons. The van der Waals surface area contributed by atoms with Crippen LogP contribution in [0.15, 0.2) is 0 Å². The van der Waals surface area contributed by atoms with Gasteiger partial charge < -0.3 is 15.5 Å². The highest BCUT2D eigenvalue weighted by atomic mass is 16.4. The summed E-state index contributed by atoms with van der Waals surface area (Å²) in [5.74, 6) is -1.19. The van der Waals surface area contributed by atoms with Crippen molar-refractivity contribution in [3.8, 4) is 0 Å². The lowest BCUT2D eigenvalue weighted by Gasteiger charge is -2.31. The van der Waals surface area contributed by atoms with Crippen molar-refractivity contribution in [1.29, 1.82) is 0 Å². The van der Waals surface area contributed by atoms with Gasteiger partial charge in [0.2, 0.25) is 0 Å². The molecule has 2 unspecified atom stereocenters. The zero-order valence-corrected chi connectivity index (χ0v) is 10.1. The van der Waals surface area contributed by atoms with Crippen LogP contribution in [-0.4, -0.2) is 35.4 Å². The van der Waals surface area contributed by atoms with Gasteiger partial charge >= 0.3 is 5.97 Å². The minimum atomic E-state index is -0.792. The first-order chi connectivity index (χ1) is 6.79. The maximum absolute atomic E-state index is 10.6. The Kier molecular flexibility index (Phi) is 5.83. The normalized spacial score (nSPS) is 16.1. The molecule has 0 aromatic heterocycles. The Labute approximate surface area is 91.7 Å². The van der Waals surface area contributed by atoms with E-state index in [0.29, 0.717) is 13.0 Å². The Morgan fingerprint density at radius 1 is 1.40 bits per heavy atom. The predicted molar refractivity (Wildman–Crippen MR) is 59.7 cm³/mol. The molecule has 0 bridgehead atoms. The van der Waals surface area contributed by atoms with Gasteiger partial charge in [-0.2, -0.15) is 0 Å². The van der Waals surface area contributed by atoms with Gasteiger partial charge in [-0.05, 0) is 11.8 Å². The minimum absolute atomic E-state index is 0.0287. The molecule has 0 aliphatic heterocycles. The van der Waals surface area contributed by atoms with Crippen LogP contribution in [0, 0.1) is 11.3 Å². The second kappa shape index (κ2) is 6.08. The molecule has 15 heavy (non-hydrogen) atoms. The summed E-state index contributed by atoms with van der Waals surface area (Å²) in [5, 5.41) is 20.9. The molecule has 0 heterocycles. The lowest BCUT2D eigenvalue weighted by Crippen LogP contribution is -2.43. The van der Waals surface area contributed by atoms with Gasteiger partial charge in [-0.1, -0.05) is 27.7 Å². The Hall–Kier alpha value is -0.610. The second-order valence-electron chi connectivity index (χ2n) is 5.08. The Balaban J connectivity index is 4.13. The molecular weight excluding hydrogens is 194 g/mol. The average molecular weight is 217 g/mol. The topological polar surface area (TPSA) is 69.6 Å². The van der Waals surface area contributed by atoms with E-state index < -0.39 is 11.9 Å². The zero-order valence-electron chi connectivity index (χ0n) is 10.1. The zero-order chi connectivity index (χ0) is 12.1. The van der Waals surface area contributed by atoms with E-state index in [0.717, 1.165) is 0 Å². The fourth-order valence-electron chi connectivity index (χ4n) is 1.38. The largest absolute Gasteiger partial charge is 0.481 e. The first-order valence-electron chi connectivity index (χ1n) is 5.36. The Morgan fingerprint density at radius 2 is 1.93 bits per heavy atom. The number of aliphatic hydroxyl groups is 1. The summed E-state index contributed by atoms with van der Waals surface area (Å²) < 4.78 is 0. The molecular formula is C11H23NO3. The summed E-state index contributed by atoms with van der Waals surface area (Å²) in [6, 6.07) is 0.143. The van der Waals surface area contributed by atoms with Gasteiger partial charge in [0.25, 0.3) is 0 Å². The van der Waals surface area contributed by atoms with Gasteiger partial charge in [-0.25, -0.2) is 0 Å². The monoisotopic (exact) mass is 217 g/mol. The van der Waals surface area contributed by atoms with Gasteiger partial charge in [0, 0.05) is 19.2 Å². The van der Waals surface area contributed by atoms with Gasteiger partial charge in [0.1, 0.15) is 0 Å². The SMILES string of the molecule is CC(CNC(CCO)C(C)(C)C)C(=O)O. The van der Waals surface area contributed by atoms with Crippen LogP contribution >= 0.6 is 0 Å². The molecule has 0 rings (SSSR count). The second-order valence-corrected chi connectivity index (χ2v) is 5.08. The van der Waals surface area contributed by atoms with Crippen molar-refractivity contribution >= 4 is 5.97 Å². The van der Waals surface area contributed by atoms with Crippen LogP contribution < -0.4 is 5.32 Å². The van der Waals surface area contributed by atoms with Crippen molar-refractivity contribution in [3.63, 3.8) is 0 Å². The maximum Gasteiger partial charge on any atom is 0.307 e. The quantitative estimate of drug-likeness (QED) is 0.623. The number of aliphatic hydroxyl groups excluding tert-OH is 1. The number of hydrogen-bond donors (Lipinski definition) is 3. The molecule has 4 nitrogen and oxygen atoms in total. The highest BCUT2D eigenvalue weighted by Gasteiger charge is 2.24. The fraction of sp³-hybridized carbons (Fsp3) is 0.909. The molecule has 0 fully saturated rings. The van der Waals surface area contributed by atoms with E-state index in [9.17, 15) is 4.79 Å². The van der Waals surface area contributed by atoms with Crippen LogP contribution in [-0.2, 0) is 4.79 Å². The number of aliphatic carboxylic acids is 1. The third-order valence-electron chi connectivity index (χ3n) is 2.56. The average Bonchev–Trinajstić information content (AvgIpc) is 2.09. The van der Waals surface area contributed by atoms with Gasteiger partial charge in [-0.3, -0.25) is 4.79 Å². The lowest BCUT2D eigenvalue weighted by molar-refractivity contribution is -0.141. The Morgan fingerprint density at radius 3 is 2.27 bits per heavy atom. The highest BCUT2D eigenvalue weighted by Crippen LogP contribution is 2.21. The van der Waals surface area contributed by atoms with E-state index in [4.69, 9.17) is 10.2 Å². The van der Waals surface area contributed by atoms with Crippen LogP contribution in [0.25, 0.3) is 0 Å². The fourth-order valence-corrected chi connectivity index (χ4v) is 1.38. The van der Waals surface area contributed by atoms with E-state index in [1.807, 2.05) is 0 Å². The smallest absolute Gasteiger partial charge is 0.307 e. The molecule has 4 heteroatoms. The molecule has 0 aliphatic rings. The van der Waals surface area contributed by atoms with Crippen molar-refractivity contribution in [2.75, 3.05) is 13.2 Å². The van der Waals surface area contributed by atoms with E-state index >= 15 is 0 Å². The summed E-state index contributed by atoms with van der Waals surface area (Å²) >= 11 is 0. The minimum Gasteiger partial charge on any atom is -0.481 e. The predicted octanol–water partition coefficient (Wildman–Crippen LogP) is 1.09. The molecule has 0 saturated heterocycles. The van der Waals surface area contributed by atoms with E-state index in [1.165, 1.54) is 0 Å². The van der Waals surface area contributed by atoms with Crippen molar-refractivity contribution in [2.45, 2.75) is 40.2 Å². The van der Waals surface area contributed by atoms with E-state index in [1.54, 1.807) is 6.92 Å². The summed E-state index contributed by atoms with van der Waals surface area (Å²) in [6.07, 6.45) is 0.649. The van der Waals surface area contributed by atoms with E-state index in [-0.39, 0.29) is 18.1 Å². The molecule has 0 aliphatic carbocycles. The van der Waals surface area contributed by atoms with Gasteiger partial charge in [0.05, 0.1) is 5.92 Å². The van der Waals surface area contributed by atoms with Crippen molar-refractivity contribution in [1.82, 2.24) is 5.32 Å². The summed E-state index contributed by atoms with van der Waals surface area (Å²) in [6.45, 7) is 8.46. The number of carbonyl (C=O) groups is 1. The number of hydrogen-bond acceptors (Lipinski definition) is 3. The first-order valence-corrected chi connectivity index (χ1v) is 5.36. The number of carboxylic acid groups (broad SMARTS) is 1. The summed E-state index contributed by atoms with van der Waals surface area (Å²) in [4.78, 5) is 10.6. The molecule has 0 aromatic rings. The van der Waals surface area contributed by atoms with Crippen LogP contribution in [0.5, 0.6) is 0 Å². The van der Waals surface area contributed by atoms with Crippen LogP contribution in [0.3, 0.4) is 0 Å². The molecule has 0 aromatic carbocycles. The molecule has 2 atom stereocenters. The molecule has 0 amide bonds. The number of nitrogens with one attached hydrogen (secondary N) is 1. The molecule has 0 saturated carbocycles. The van der Waals surface area contributed by atoms with Gasteiger partial charge in [0.15, 0.2) is 0 Å². The summed E-state index contributed by atoms with van der Waals surface area (Å²) in [7, 11) is 0. The molecule has 0 spiro atoms. The van der Waals surface area contributed by atoms with Crippen LogP contribution in [0.1, 0.15) is 34.1 Å². The number of carboxylic acids is 1. The maximum atomic E-state index is 10.6. The standard InChI is InChI=1S/C11H23NO3/c1-8(10(14)15)7-12-9(5-6-13)11(2,3)4/h8-9,12-13H,5-7H2,1-4H3,(H,14,15). The van der Waals surface area contributed by atoms with Gasteiger partial charge in [-0.15, -0.1) is 0 Å². The van der Waals surface area contributed by atoms with Crippen molar-refractivity contribution in [3.05, 3.63) is 0 Å². The van der Waals surface area contributed by atoms with E-state index in [2.05, 4.69) is 26.1 Å². The highest BCUT2D eigenvalue weighted by molar-refractivity contribution is 5.69. The van der Waals surface area contributed by atoms with Crippen LogP contribution in [0.4, 0.5) is 0 Å². The number of rotatable bonds is 6. The van der Waals surface area contributed by atoms with Crippen molar-refractivity contribution < 1.29 is 15.0 Å². The first kappa shape index (κ1) is 14.4. The lowest BCUT2D eigenvalue weighted by atomic mass is 9.84. The molecule has 0 radical (unpaired) electrons. The third-order valence-corrected chi connectivity index (χ3v) is 2.56.